The van der Waals surface area contributed by atoms with Crippen molar-refractivity contribution >= 4 is 35.0 Å². The van der Waals surface area contributed by atoms with Crippen LogP contribution in [0.4, 0.5) is 18.9 Å². The van der Waals surface area contributed by atoms with Crippen LogP contribution in [0.15, 0.2) is 18.2 Å². The number of nitrogens with zero attached hydrogens (tertiary/aromatic N) is 2. The lowest BCUT2D eigenvalue weighted by molar-refractivity contribution is -0.181. The van der Waals surface area contributed by atoms with Gasteiger partial charge in [-0.3, -0.25) is 14.4 Å². The molecule has 1 unspecified atom stereocenters. The topological polar surface area (TPSA) is 113 Å². The lowest BCUT2D eigenvalue weighted by atomic mass is 9.72. The van der Waals surface area contributed by atoms with E-state index < -0.39 is 53.9 Å². The van der Waals surface area contributed by atoms with E-state index in [0.29, 0.717) is 50.2 Å². The van der Waals surface area contributed by atoms with Gasteiger partial charge in [-0.2, -0.15) is 0 Å². The number of aliphatic hydroxyl groups excluding tert-OH is 1. The third kappa shape index (κ3) is 5.01. The van der Waals surface area contributed by atoms with Gasteiger partial charge in [-0.1, -0.05) is 11.6 Å². The second kappa shape index (κ2) is 10.1. The van der Waals surface area contributed by atoms with Crippen LogP contribution in [0.1, 0.15) is 59.1 Å². The Labute approximate surface area is 227 Å². The van der Waals surface area contributed by atoms with Crippen LogP contribution in [0.3, 0.4) is 0 Å². The molecule has 2 aliphatic heterocycles. The average Bonchev–Trinajstić information content (AvgIpc) is 3.44. The number of aliphatic hydroxyl groups is 1. The van der Waals surface area contributed by atoms with Gasteiger partial charge in [0.2, 0.25) is 0 Å². The number of hydrogen-bond acceptors (Lipinski definition) is 5. The summed E-state index contributed by atoms with van der Waals surface area (Å²) in [6.45, 7) is 2.73. The first-order chi connectivity index (χ1) is 18.4. The van der Waals surface area contributed by atoms with E-state index in [2.05, 4.69) is 10.6 Å². The van der Waals surface area contributed by atoms with Gasteiger partial charge in [0.25, 0.3) is 23.6 Å². The van der Waals surface area contributed by atoms with E-state index >= 15 is 0 Å². The Morgan fingerprint density at radius 3 is 2.56 bits per heavy atom. The number of amides is 3. The predicted octanol–water partition coefficient (Wildman–Crippen LogP) is 3.31. The summed E-state index contributed by atoms with van der Waals surface area (Å²) in [5, 5.41) is 16.0. The summed E-state index contributed by atoms with van der Waals surface area (Å²) in [4.78, 5) is 41.0. The number of alkyl halides is 2. The molecule has 9 nitrogen and oxygen atoms in total. The zero-order chi connectivity index (χ0) is 28.1. The van der Waals surface area contributed by atoms with Gasteiger partial charge in [0.05, 0.1) is 11.6 Å². The van der Waals surface area contributed by atoms with Crippen LogP contribution >= 0.6 is 11.6 Å². The lowest BCUT2D eigenvalue weighted by Gasteiger charge is -2.48. The van der Waals surface area contributed by atoms with E-state index in [1.165, 1.54) is 17.0 Å². The van der Waals surface area contributed by atoms with E-state index in [-0.39, 0.29) is 28.7 Å². The van der Waals surface area contributed by atoms with Gasteiger partial charge in [0.1, 0.15) is 23.8 Å². The fraction of sp³-hybridized carbons (Fsp3) is 0.500. The molecular formula is C26H28ClF3N4O5. The highest BCUT2D eigenvalue weighted by Crippen LogP contribution is 2.47. The van der Waals surface area contributed by atoms with Crippen LogP contribution in [0.25, 0.3) is 0 Å². The van der Waals surface area contributed by atoms with E-state index in [4.69, 9.17) is 16.3 Å². The molecule has 0 radical (unpaired) electrons. The molecule has 13 heteroatoms. The first-order valence-corrected chi connectivity index (χ1v) is 13.0. The summed E-state index contributed by atoms with van der Waals surface area (Å²) in [6, 6.07) is 3.73. The Hall–Kier alpha value is -3.09. The standard InChI is InChI=1S/C26H28ClF3N4O5/c1-14-19(18-4-2-8-34(18)20(14)22(36)31-15-5-6-17(28)16(27)10-15)21(35)23(37)32-25(11-26(29,30)12-25)24(38)33-7-3-9-39-13-33/h5-6,10,21,35H,2-4,7-9,11-13H2,1H3,(H,31,36)(H,32,37). The van der Waals surface area contributed by atoms with Crippen LogP contribution in [0, 0.1) is 12.7 Å². The largest absolute Gasteiger partial charge is 0.378 e. The first kappa shape index (κ1) is 27.5. The van der Waals surface area contributed by atoms with E-state index in [9.17, 15) is 32.7 Å². The average molecular weight is 569 g/mol. The number of fused-ring (bicyclic) bond motifs is 1. The normalized spacial score (nSPS) is 20.1. The SMILES string of the molecule is Cc1c(C(O)C(=O)NC2(C(=O)N3CCCOC3)CC(F)(F)C2)c2n(c1C(=O)Nc1ccc(F)c(Cl)c1)CCC2. The lowest BCUT2D eigenvalue weighted by Crippen LogP contribution is -2.70. The Morgan fingerprint density at radius 1 is 1.18 bits per heavy atom. The van der Waals surface area contributed by atoms with Crippen LogP contribution < -0.4 is 10.6 Å². The number of ether oxygens (including phenoxy) is 1. The maximum atomic E-state index is 14.0. The van der Waals surface area contributed by atoms with Crippen molar-refractivity contribution in [3.05, 3.63) is 51.6 Å². The monoisotopic (exact) mass is 568 g/mol. The number of halogens is 4. The Morgan fingerprint density at radius 2 is 1.92 bits per heavy atom. The molecule has 0 bridgehead atoms. The number of carbonyl (C=O) groups excluding carboxylic acids is 3. The maximum Gasteiger partial charge on any atom is 0.272 e. The molecule has 1 aromatic carbocycles. The summed E-state index contributed by atoms with van der Waals surface area (Å²) in [5.74, 6) is -6.00. The zero-order valence-corrected chi connectivity index (χ0v) is 21.9. The third-order valence-electron chi connectivity index (χ3n) is 7.52. The Balaban J connectivity index is 1.40. The van der Waals surface area contributed by atoms with Gasteiger partial charge in [-0.25, -0.2) is 13.2 Å². The molecular weight excluding hydrogens is 541 g/mol. The molecule has 3 aliphatic rings. The van der Waals surface area contributed by atoms with Crippen LogP contribution in [-0.4, -0.2) is 63.6 Å². The molecule has 2 aromatic rings. The fourth-order valence-electron chi connectivity index (χ4n) is 5.79. The molecule has 39 heavy (non-hydrogen) atoms. The van der Waals surface area contributed by atoms with Crippen molar-refractivity contribution in [3.8, 4) is 0 Å². The van der Waals surface area contributed by atoms with Crippen molar-refractivity contribution in [1.82, 2.24) is 14.8 Å². The van der Waals surface area contributed by atoms with Crippen molar-refractivity contribution in [2.75, 3.05) is 25.2 Å². The van der Waals surface area contributed by atoms with Crippen molar-refractivity contribution in [1.29, 1.82) is 0 Å². The highest BCUT2D eigenvalue weighted by molar-refractivity contribution is 6.31. The number of rotatable bonds is 6. The highest BCUT2D eigenvalue weighted by atomic mass is 35.5. The summed E-state index contributed by atoms with van der Waals surface area (Å²) < 4.78 is 48.5. The van der Waals surface area contributed by atoms with Gasteiger partial charge in [0.15, 0.2) is 6.10 Å². The number of benzene rings is 1. The smallest absolute Gasteiger partial charge is 0.272 e. The van der Waals surface area contributed by atoms with Crippen LogP contribution in [-0.2, 0) is 27.3 Å². The molecule has 1 atom stereocenters. The summed E-state index contributed by atoms with van der Waals surface area (Å²) in [6.07, 6.45) is -1.89. The second-order valence-corrected chi connectivity index (χ2v) is 10.7. The molecule has 1 aliphatic carbocycles. The Bertz CT molecular complexity index is 1330. The highest BCUT2D eigenvalue weighted by Gasteiger charge is 2.63. The van der Waals surface area contributed by atoms with Crippen molar-refractivity contribution < 1.29 is 37.4 Å². The summed E-state index contributed by atoms with van der Waals surface area (Å²) >= 11 is 5.82. The second-order valence-electron chi connectivity index (χ2n) is 10.3. The van der Waals surface area contributed by atoms with Crippen molar-refractivity contribution in [2.45, 2.75) is 63.1 Å². The van der Waals surface area contributed by atoms with Gasteiger partial charge in [-0.15, -0.1) is 0 Å². The van der Waals surface area contributed by atoms with Gasteiger partial charge < -0.3 is 29.9 Å². The summed E-state index contributed by atoms with van der Waals surface area (Å²) in [7, 11) is 0. The zero-order valence-electron chi connectivity index (χ0n) is 21.2. The first-order valence-electron chi connectivity index (χ1n) is 12.7. The van der Waals surface area contributed by atoms with Gasteiger partial charge in [-0.05, 0) is 49.9 Å². The minimum absolute atomic E-state index is 0.0611. The minimum atomic E-state index is -3.13. The number of anilines is 1. The third-order valence-corrected chi connectivity index (χ3v) is 7.81. The van der Waals surface area contributed by atoms with Crippen molar-refractivity contribution in [3.63, 3.8) is 0 Å². The minimum Gasteiger partial charge on any atom is -0.378 e. The fourth-order valence-corrected chi connectivity index (χ4v) is 5.97. The predicted molar refractivity (Wildman–Crippen MR) is 134 cm³/mol. The van der Waals surface area contributed by atoms with Gasteiger partial charge in [0, 0.05) is 42.9 Å². The molecule has 210 valence electrons. The van der Waals surface area contributed by atoms with Crippen molar-refractivity contribution in [2.24, 2.45) is 0 Å². The van der Waals surface area contributed by atoms with Gasteiger partial charge >= 0.3 is 0 Å². The molecule has 1 saturated carbocycles. The van der Waals surface area contributed by atoms with Crippen LogP contribution in [0.2, 0.25) is 5.02 Å². The molecule has 5 rings (SSSR count). The Kier molecular flexibility index (Phi) is 7.15. The number of aromatic nitrogens is 1. The van der Waals surface area contributed by atoms with E-state index in [0.717, 1.165) is 6.07 Å². The maximum absolute atomic E-state index is 14.0. The molecule has 3 N–H and O–H groups in total. The molecule has 1 aromatic heterocycles. The number of carbonyl (C=O) groups is 3. The summed E-state index contributed by atoms with van der Waals surface area (Å²) in [5.41, 5.74) is -0.296. The number of hydrogen-bond donors (Lipinski definition) is 3. The molecule has 0 spiro atoms. The quantitative estimate of drug-likeness (QED) is 0.495. The molecule has 1 saturated heterocycles. The number of nitrogens with one attached hydrogen (secondary N) is 2. The van der Waals surface area contributed by atoms with Crippen LogP contribution in [0.5, 0.6) is 0 Å². The molecule has 2 fully saturated rings. The van der Waals surface area contributed by atoms with E-state index in [1.807, 2.05) is 0 Å². The van der Waals surface area contributed by atoms with E-state index in [1.54, 1.807) is 11.5 Å². The molecule has 3 heterocycles. The molecule has 3 amide bonds.